The number of nitro benzene ring substituents is 1. The zero-order valence-corrected chi connectivity index (χ0v) is 14.0. The maximum atomic E-state index is 12.0. The highest BCUT2D eigenvalue weighted by molar-refractivity contribution is 5.97. The average molecular weight is 345 g/mol. The van der Waals surface area contributed by atoms with Gasteiger partial charge in [-0.05, 0) is 27.0 Å². The number of nitro groups is 1. The summed E-state index contributed by atoms with van der Waals surface area (Å²) in [5.41, 5.74) is -0.0370. The van der Waals surface area contributed by atoms with E-state index >= 15 is 0 Å². The first-order valence-corrected chi connectivity index (χ1v) is 6.85. The standard InChI is InChI=1S/C14H20N4O4.ClH/c1-9(15-3)8-16-13(19)10(2)17-14(20)11-5-4-6-12(7-11)18(21)22;/h4-7,9-10,15H,8H2,1-3H3,(H,16,19)(H,17,20);1H. The van der Waals surface area contributed by atoms with E-state index in [2.05, 4.69) is 16.0 Å². The van der Waals surface area contributed by atoms with E-state index in [0.29, 0.717) is 6.54 Å². The van der Waals surface area contributed by atoms with Gasteiger partial charge in [0.25, 0.3) is 11.6 Å². The maximum Gasteiger partial charge on any atom is 0.270 e. The molecular formula is C14H21ClN4O4. The third-order valence-electron chi connectivity index (χ3n) is 3.14. The second kappa shape index (κ2) is 9.75. The molecular weight excluding hydrogens is 324 g/mol. The third kappa shape index (κ3) is 6.62. The summed E-state index contributed by atoms with van der Waals surface area (Å²) in [6.45, 7) is 3.90. The van der Waals surface area contributed by atoms with E-state index in [4.69, 9.17) is 0 Å². The summed E-state index contributed by atoms with van der Waals surface area (Å²) >= 11 is 0. The fraction of sp³-hybridized carbons (Fsp3) is 0.429. The molecule has 1 aromatic rings. The number of non-ortho nitro benzene ring substituents is 1. The molecule has 1 aromatic carbocycles. The number of hydrogen-bond donors (Lipinski definition) is 3. The number of nitrogens with zero attached hydrogens (tertiary/aromatic N) is 1. The number of halogens is 1. The molecule has 0 heterocycles. The van der Waals surface area contributed by atoms with Gasteiger partial charge >= 0.3 is 0 Å². The van der Waals surface area contributed by atoms with Gasteiger partial charge in [-0.25, -0.2) is 0 Å². The minimum atomic E-state index is -0.740. The topological polar surface area (TPSA) is 113 Å². The van der Waals surface area contributed by atoms with Crippen LogP contribution in [0.5, 0.6) is 0 Å². The Kier molecular flexibility index (Phi) is 8.82. The molecule has 9 heteroatoms. The molecule has 2 amide bonds. The highest BCUT2D eigenvalue weighted by atomic mass is 35.5. The Morgan fingerprint density at radius 3 is 2.52 bits per heavy atom. The maximum absolute atomic E-state index is 12.0. The van der Waals surface area contributed by atoms with Crippen molar-refractivity contribution in [2.45, 2.75) is 25.9 Å². The molecule has 2 unspecified atom stereocenters. The van der Waals surface area contributed by atoms with Crippen LogP contribution in [-0.4, -0.2) is 42.4 Å². The number of rotatable bonds is 7. The predicted molar refractivity (Wildman–Crippen MR) is 88.8 cm³/mol. The molecule has 8 nitrogen and oxygen atoms in total. The zero-order chi connectivity index (χ0) is 16.7. The van der Waals surface area contributed by atoms with Crippen LogP contribution in [0.25, 0.3) is 0 Å². The van der Waals surface area contributed by atoms with Gasteiger partial charge in [-0.15, -0.1) is 12.4 Å². The molecule has 0 fully saturated rings. The zero-order valence-electron chi connectivity index (χ0n) is 13.2. The van der Waals surface area contributed by atoms with Gasteiger partial charge in [0, 0.05) is 30.3 Å². The van der Waals surface area contributed by atoms with Gasteiger partial charge < -0.3 is 16.0 Å². The van der Waals surface area contributed by atoms with Gasteiger partial charge in [0.2, 0.25) is 5.91 Å². The van der Waals surface area contributed by atoms with Crippen LogP contribution in [0, 0.1) is 10.1 Å². The van der Waals surface area contributed by atoms with Crippen LogP contribution < -0.4 is 16.0 Å². The van der Waals surface area contributed by atoms with E-state index in [0.717, 1.165) is 0 Å². The minimum Gasteiger partial charge on any atom is -0.353 e. The highest BCUT2D eigenvalue weighted by Crippen LogP contribution is 2.13. The van der Waals surface area contributed by atoms with Crippen LogP contribution in [0.3, 0.4) is 0 Å². The van der Waals surface area contributed by atoms with Crippen molar-refractivity contribution in [1.82, 2.24) is 16.0 Å². The van der Waals surface area contributed by atoms with Crippen molar-refractivity contribution in [2.75, 3.05) is 13.6 Å². The number of benzene rings is 1. The molecule has 0 spiro atoms. The predicted octanol–water partition coefficient (Wildman–Crippen LogP) is 0.859. The third-order valence-corrected chi connectivity index (χ3v) is 3.14. The lowest BCUT2D eigenvalue weighted by Crippen LogP contribution is -2.47. The Morgan fingerprint density at radius 1 is 1.30 bits per heavy atom. The molecule has 0 aliphatic heterocycles. The van der Waals surface area contributed by atoms with Crippen molar-refractivity contribution in [3.05, 3.63) is 39.9 Å². The highest BCUT2D eigenvalue weighted by Gasteiger charge is 2.18. The van der Waals surface area contributed by atoms with Crippen LogP contribution in [0.2, 0.25) is 0 Å². The summed E-state index contributed by atoms with van der Waals surface area (Å²) in [7, 11) is 1.78. The summed E-state index contributed by atoms with van der Waals surface area (Å²) in [6, 6.07) is 4.72. The summed E-state index contributed by atoms with van der Waals surface area (Å²) in [5, 5.41) is 18.9. The van der Waals surface area contributed by atoms with Gasteiger partial charge in [-0.3, -0.25) is 19.7 Å². The average Bonchev–Trinajstić information content (AvgIpc) is 2.51. The Bertz CT molecular complexity index is 567. The summed E-state index contributed by atoms with van der Waals surface area (Å²) in [4.78, 5) is 34.0. The molecule has 0 saturated heterocycles. The first-order chi connectivity index (χ1) is 10.3. The van der Waals surface area contributed by atoms with E-state index in [1.54, 1.807) is 14.0 Å². The minimum absolute atomic E-state index is 0. The largest absolute Gasteiger partial charge is 0.353 e. The van der Waals surface area contributed by atoms with Gasteiger partial charge in [0.1, 0.15) is 6.04 Å². The van der Waals surface area contributed by atoms with Crippen molar-refractivity contribution >= 4 is 29.9 Å². The molecule has 0 aliphatic carbocycles. The lowest BCUT2D eigenvalue weighted by Gasteiger charge is -2.16. The number of carbonyl (C=O) groups excluding carboxylic acids is 2. The van der Waals surface area contributed by atoms with Crippen molar-refractivity contribution in [3.63, 3.8) is 0 Å². The van der Waals surface area contributed by atoms with E-state index in [9.17, 15) is 19.7 Å². The molecule has 0 aliphatic rings. The molecule has 2 atom stereocenters. The van der Waals surface area contributed by atoms with E-state index in [-0.39, 0.29) is 35.6 Å². The van der Waals surface area contributed by atoms with Gasteiger partial charge in [0.15, 0.2) is 0 Å². The SMILES string of the molecule is CNC(C)CNC(=O)C(C)NC(=O)c1cccc([N+](=O)[O-])c1.Cl. The number of nitrogens with one attached hydrogen (secondary N) is 3. The van der Waals surface area contributed by atoms with E-state index in [1.165, 1.54) is 24.3 Å². The van der Waals surface area contributed by atoms with Crippen LogP contribution in [-0.2, 0) is 4.79 Å². The van der Waals surface area contributed by atoms with Gasteiger partial charge in [-0.1, -0.05) is 6.07 Å². The molecule has 3 N–H and O–H groups in total. The molecule has 1 rings (SSSR count). The molecule has 0 aromatic heterocycles. The van der Waals surface area contributed by atoms with Crippen LogP contribution in [0.1, 0.15) is 24.2 Å². The van der Waals surface area contributed by atoms with Crippen molar-refractivity contribution in [1.29, 1.82) is 0 Å². The normalized spacial score (nSPS) is 12.5. The smallest absolute Gasteiger partial charge is 0.270 e. The van der Waals surface area contributed by atoms with Gasteiger partial charge in [-0.2, -0.15) is 0 Å². The number of hydrogen-bond acceptors (Lipinski definition) is 5. The molecule has 23 heavy (non-hydrogen) atoms. The van der Waals surface area contributed by atoms with Crippen molar-refractivity contribution < 1.29 is 14.5 Å². The molecule has 0 radical (unpaired) electrons. The second-order valence-electron chi connectivity index (χ2n) is 4.94. The summed E-state index contributed by atoms with van der Waals surface area (Å²) in [5.74, 6) is -0.853. The lowest BCUT2D eigenvalue weighted by atomic mass is 10.1. The number of amides is 2. The second-order valence-corrected chi connectivity index (χ2v) is 4.94. The molecule has 0 bridgehead atoms. The Hall–Kier alpha value is -2.19. The Labute approximate surface area is 140 Å². The summed E-state index contributed by atoms with van der Waals surface area (Å²) in [6.07, 6.45) is 0. The van der Waals surface area contributed by atoms with Crippen LogP contribution in [0.15, 0.2) is 24.3 Å². The van der Waals surface area contributed by atoms with Crippen molar-refractivity contribution in [2.24, 2.45) is 0 Å². The Balaban J connectivity index is 0.00000484. The van der Waals surface area contributed by atoms with Crippen molar-refractivity contribution in [3.8, 4) is 0 Å². The fourth-order valence-electron chi connectivity index (χ4n) is 1.62. The molecule has 0 saturated carbocycles. The van der Waals surface area contributed by atoms with Crippen LogP contribution >= 0.6 is 12.4 Å². The van der Waals surface area contributed by atoms with E-state index < -0.39 is 16.9 Å². The number of carbonyl (C=O) groups is 2. The van der Waals surface area contributed by atoms with Crippen LogP contribution in [0.4, 0.5) is 5.69 Å². The lowest BCUT2D eigenvalue weighted by molar-refractivity contribution is -0.384. The van der Waals surface area contributed by atoms with E-state index in [1.807, 2.05) is 6.92 Å². The first kappa shape index (κ1) is 20.8. The first-order valence-electron chi connectivity index (χ1n) is 6.85. The fourth-order valence-corrected chi connectivity index (χ4v) is 1.62. The van der Waals surface area contributed by atoms with Gasteiger partial charge in [0.05, 0.1) is 4.92 Å². The monoisotopic (exact) mass is 344 g/mol. The number of likely N-dealkylation sites (N-methyl/N-ethyl adjacent to an activating group) is 1. The summed E-state index contributed by atoms with van der Waals surface area (Å²) < 4.78 is 0. The Morgan fingerprint density at radius 2 is 1.96 bits per heavy atom. The quantitative estimate of drug-likeness (QED) is 0.501. The molecule has 128 valence electrons.